The van der Waals surface area contributed by atoms with Gasteiger partial charge in [-0.1, -0.05) is 41.4 Å². The summed E-state index contributed by atoms with van der Waals surface area (Å²) < 4.78 is 6.74. The highest BCUT2D eigenvalue weighted by Crippen LogP contribution is 2.27. The van der Waals surface area contributed by atoms with Gasteiger partial charge in [0.05, 0.1) is 17.8 Å². The number of halogens is 2. The van der Waals surface area contributed by atoms with E-state index in [0.717, 1.165) is 0 Å². The third kappa shape index (κ3) is 5.30. The van der Waals surface area contributed by atoms with E-state index in [0.29, 0.717) is 50.2 Å². The second kappa shape index (κ2) is 10.7. The second-order valence-corrected chi connectivity index (χ2v) is 8.60. The van der Waals surface area contributed by atoms with Crippen molar-refractivity contribution in [1.82, 2.24) is 4.68 Å². The number of amides is 3. The highest BCUT2D eigenvalue weighted by molar-refractivity contribution is 6.42. The highest BCUT2D eigenvalue weighted by atomic mass is 35.5. The average molecular weight is 525 g/mol. The summed E-state index contributed by atoms with van der Waals surface area (Å²) in [7, 11) is 0. The largest absolute Gasteiger partial charge is 0.492 e. The Balaban J connectivity index is 1.63. The van der Waals surface area contributed by atoms with Crippen LogP contribution in [0.2, 0.25) is 10.0 Å². The summed E-state index contributed by atoms with van der Waals surface area (Å²) in [4.78, 5) is 38.8. The van der Waals surface area contributed by atoms with Crippen LogP contribution in [0.3, 0.4) is 0 Å². The van der Waals surface area contributed by atoms with Crippen molar-refractivity contribution in [3.8, 4) is 5.75 Å². The molecule has 0 spiro atoms. The van der Waals surface area contributed by atoms with Crippen LogP contribution in [0.4, 0.5) is 11.4 Å². The molecule has 0 fully saturated rings. The van der Waals surface area contributed by atoms with E-state index in [9.17, 15) is 14.4 Å². The quantitative estimate of drug-likeness (QED) is 0.285. The molecule has 10 heteroatoms. The molecule has 0 unspecified atom stereocenters. The standard InChI is InChI=1S/C26H22Cl2N4O4/c1-3-36-23-10-5-4-8-20(23)30-25(34)26(35)31-32-21-12-11-17(27)13-16(21)14-22(32)24(33)29-19-9-6-7-18(28)15(19)2/h4-14H,3H2,1-2H3,(H,29,33)(H,30,34)(H,31,35). The van der Waals surface area contributed by atoms with Crippen molar-refractivity contribution in [2.45, 2.75) is 13.8 Å². The first-order valence-electron chi connectivity index (χ1n) is 11.0. The fourth-order valence-electron chi connectivity index (χ4n) is 3.59. The number of benzene rings is 3. The molecule has 0 aliphatic rings. The molecule has 0 bridgehead atoms. The molecule has 4 rings (SSSR count). The number of nitrogens with one attached hydrogen (secondary N) is 3. The summed E-state index contributed by atoms with van der Waals surface area (Å²) in [6, 6.07) is 18.4. The Morgan fingerprint density at radius 2 is 1.64 bits per heavy atom. The SMILES string of the molecule is CCOc1ccccc1NC(=O)C(=O)Nn1c(C(=O)Nc2cccc(Cl)c2C)cc2cc(Cl)ccc21. The highest BCUT2D eigenvalue weighted by Gasteiger charge is 2.22. The van der Waals surface area contributed by atoms with Gasteiger partial charge < -0.3 is 15.4 Å². The van der Waals surface area contributed by atoms with Crippen LogP contribution in [0.1, 0.15) is 23.0 Å². The van der Waals surface area contributed by atoms with E-state index in [-0.39, 0.29) is 5.69 Å². The molecule has 1 heterocycles. The van der Waals surface area contributed by atoms with E-state index >= 15 is 0 Å². The van der Waals surface area contributed by atoms with E-state index in [1.165, 1.54) is 4.68 Å². The minimum absolute atomic E-state index is 0.0857. The average Bonchev–Trinajstić information content (AvgIpc) is 3.20. The molecule has 184 valence electrons. The molecule has 3 amide bonds. The maximum absolute atomic E-state index is 13.2. The zero-order valence-corrected chi connectivity index (χ0v) is 20.9. The van der Waals surface area contributed by atoms with E-state index in [2.05, 4.69) is 16.1 Å². The van der Waals surface area contributed by atoms with Crippen LogP contribution in [0.15, 0.2) is 66.7 Å². The van der Waals surface area contributed by atoms with Crippen LogP contribution in [0.5, 0.6) is 5.75 Å². The first-order chi connectivity index (χ1) is 17.3. The molecule has 3 N–H and O–H groups in total. The van der Waals surface area contributed by atoms with Crippen molar-refractivity contribution >= 4 is 63.2 Å². The molecule has 0 aliphatic carbocycles. The molecule has 36 heavy (non-hydrogen) atoms. The molecular weight excluding hydrogens is 503 g/mol. The Morgan fingerprint density at radius 3 is 2.42 bits per heavy atom. The minimum atomic E-state index is -0.985. The molecule has 0 aliphatic heterocycles. The monoisotopic (exact) mass is 524 g/mol. The Labute approximate surface area is 217 Å². The number of carbonyl (C=O) groups excluding carboxylic acids is 3. The predicted octanol–water partition coefficient (Wildman–Crippen LogP) is 5.62. The van der Waals surface area contributed by atoms with Crippen molar-refractivity contribution < 1.29 is 19.1 Å². The van der Waals surface area contributed by atoms with E-state index < -0.39 is 17.7 Å². The van der Waals surface area contributed by atoms with E-state index in [4.69, 9.17) is 27.9 Å². The Bertz CT molecular complexity index is 1480. The minimum Gasteiger partial charge on any atom is -0.492 e. The predicted molar refractivity (Wildman–Crippen MR) is 142 cm³/mol. The van der Waals surface area contributed by atoms with E-state index in [1.807, 2.05) is 6.92 Å². The number of rotatable bonds is 6. The lowest BCUT2D eigenvalue weighted by Gasteiger charge is -2.14. The van der Waals surface area contributed by atoms with Crippen LogP contribution in [-0.4, -0.2) is 29.0 Å². The van der Waals surface area contributed by atoms with Crippen molar-refractivity contribution in [3.05, 3.63) is 88.0 Å². The van der Waals surface area contributed by atoms with Gasteiger partial charge in [0.25, 0.3) is 5.91 Å². The van der Waals surface area contributed by atoms with Crippen LogP contribution < -0.4 is 20.8 Å². The first-order valence-corrected chi connectivity index (χ1v) is 11.8. The summed E-state index contributed by atoms with van der Waals surface area (Å²) in [6.07, 6.45) is 0. The van der Waals surface area contributed by atoms with Gasteiger partial charge in [-0.15, -0.1) is 0 Å². The lowest BCUT2D eigenvalue weighted by molar-refractivity contribution is -0.133. The van der Waals surface area contributed by atoms with Gasteiger partial charge in [-0.2, -0.15) is 0 Å². The molecule has 0 radical (unpaired) electrons. The molecule has 3 aromatic carbocycles. The molecule has 1 aromatic heterocycles. The summed E-state index contributed by atoms with van der Waals surface area (Å²) in [5, 5.41) is 6.89. The van der Waals surface area contributed by atoms with Gasteiger partial charge in [0.15, 0.2) is 0 Å². The molecule has 0 saturated carbocycles. The van der Waals surface area contributed by atoms with Crippen LogP contribution >= 0.6 is 23.2 Å². The van der Waals surface area contributed by atoms with E-state index in [1.54, 1.807) is 73.7 Å². The Kier molecular flexibility index (Phi) is 7.47. The van der Waals surface area contributed by atoms with Crippen molar-refractivity contribution in [2.75, 3.05) is 22.7 Å². The zero-order chi connectivity index (χ0) is 25.8. The normalized spacial score (nSPS) is 10.7. The smallest absolute Gasteiger partial charge is 0.328 e. The van der Waals surface area contributed by atoms with Gasteiger partial charge in [0.1, 0.15) is 11.4 Å². The summed E-state index contributed by atoms with van der Waals surface area (Å²) in [5.74, 6) is -2.01. The van der Waals surface area contributed by atoms with Crippen LogP contribution in [0, 0.1) is 6.92 Å². The number of anilines is 2. The summed E-state index contributed by atoms with van der Waals surface area (Å²) in [6.45, 7) is 3.98. The Hall–Kier alpha value is -4.01. The van der Waals surface area contributed by atoms with Crippen molar-refractivity contribution in [2.24, 2.45) is 0 Å². The maximum atomic E-state index is 13.2. The zero-order valence-electron chi connectivity index (χ0n) is 19.4. The molecular formula is C26H22Cl2N4O4. The number of para-hydroxylation sites is 2. The van der Waals surface area contributed by atoms with Crippen molar-refractivity contribution in [3.63, 3.8) is 0 Å². The fourth-order valence-corrected chi connectivity index (χ4v) is 3.94. The number of aromatic nitrogens is 1. The number of hydrogen-bond donors (Lipinski definition) is 3. The number of fused-ring (bicyclic) bond motifs is 1. The second-order valence-electron chi connectivity index (χ2n) is 7.76. The van der Waals surface area contributed by atoms with Gasteiger partial charge >= 0.3 is 11.8 Å². The third-order valence-corrected chi connectivity index (χ3v) is 6.01. The third-order valence-electron chi connectivity index (χ3n) is 5.37. The van der Waals surface area contributed by atoms with Crippen molar-refractivity contribution in [1.29, 1.82) is 0 Å². The number of hydrogen-bond acceptors (Lipinski definition) is 4. The van der Waals surface area contributed by atoms with Gasteiger partial charge in [0.2, 0.25) is 0 Å². The summed E-state index contributed by atoms with van der Waals surface area (Å²) >= 11 is 12.3. The number of nitrogens with zero attached hydrogens (tertiary/aromatic N) is 1. The van der Waals surface area contributed by atoms with Gasteiger partial charge in [-0.05, 0) is 67.9 Å². The summed E-state index contributed by atoms with van der Waals surface area (Å²) in [5.41, 5.74) is 4.62. The molecule has 4 aromatic rings. The topological polar surface area (TPSA) is 101 Å². The molecule has 8 nitrogen and oxygen atoms in total. The first kappa shape index (κ1) is 25.1. The lowest BCUT2D eigenvalue weighted by atomic mass is 10.2. The fraction of sp³-hybridized carbons (Fsp3) is 0.115. The maximum Gasteiger partial charge on any atom is 0.328 e. The Morgan fingerprint density at radius 1 is 0.889 bits per heavy atom. The lowest BCUT2D eigenvalue weighted by Crippen LogP contribution is -2.36. The van der Waals surface area contributed by atoms with Gasteiger partial charge in [-0.25, -0.2) is 4.68 Å². The van der Waals surface area contributed by atoms with Crippen LogP contribution in [0.25, 0.3) is 10.9 Å². The number of ether oxygens (including phenoxy) is 1. The molecule has 0 saturated heterocycles. The number of carbonyl (C=O) groups is 3. The van der Waals surface area contributed by atoms with Gasteiger partial charge in [-0.3, -0.25) is 19.8 Å². The van der Waals surface area contributed by atoms with Gasteiger partial charge in [0, 0.05) is 21.1 Å². The molecule has 0 atom stereocenters. The van der Waals surface area contributed by atoms with Crippen LogP contribution in [-0.2, 0) is 9.59 Å².